The minimum absolute atomic E-state index is 0.0868. The molecule has 1 unspecified atom stereocenters. The molecule has 0 heterocycles. The summed E-state index contributed by atoms with van der Waals surface area (Å²) < 4.78 is 5.70. The summed E-state index contributed by atoms with van der Waals surface area (Å²) in [7, 11) is 0. The van der Waals surface area contributed by atoms with Crippen LogP contribution in [0.2, 0.25) is 5.02 Å². The molecule has 0 bridgehead atoms. The van der Waals surface area contributed by atoms with Crippen LogP contribution in [-0.2, 0) is 16.1 Å². The topological polar surface area (TPSA) is 58.6 Å². The van der Waals surface area contributed by atoms with E-state index in [1.54, 1.807) is 17.9 Å². The number of carbonyl (C=O) groups is 2. The fraction of sp³-hybridized carbons (Fsp3) is 0.391. The first-order valence-corrected chi connectivity index (χ1v) is 10.3. The van der Waals surface area contributed by atoms with Crippen molar-refractivity contribution in [2.45, 2.75) is 46.2 Å². The first-order chi connectivity index (χ1) is 13.9. The number of rotatable bonds is 10. The number of likely N-dealkylation sites (N-methyl/N-ethyl adjacent to an activating group) is 1. The molecule has 29 heavy (non-hydrogen) atoms. The molecule has 0 aromatic heterocycles. The molecule has 2 aromatic rings. The number of aryl methyl sites for hydroxylation is 1. The predicted octanol–water partition coefficient (Wildman–Crippen LogP) is 4.36. The van der Waals surface area contributed by atoms with Crippen molar-refractivity contribution in [1.29, 1.82) is 0 Å². The summed E-state index contributed by atoms with van der Waals surface area (Å²) in [5.74, 6) is 0.532. The van der Waals surface area contributed by atoms with Gasteiger partial charge in [0.1, 0.15) is 11.8 Å². The Kier molecular flexibility index (Phi) is 9.00. The highest BCUT2D eigenvalue weighted by Crippen LogP contribution is 2.16. The van der Waals surface area contributed by atoms with Crippen LogP contribution in [0.3, 0.4) is 0 Å². The van der Waals surface area contributed by atoms with Crippen LogP contribution in [0.15, 0.2) is 48.5 Å². The maximum Gasteiger partial charge on any atom is 0.242 e. The van der Waals surface area contributed by atoms with E-state index >= 15 is 0 Å². The predicted molar refractivity (Wildman–Crippen MR) is 116 cm³/mol. The fourth-order valence-electron chi connectivity index (χ4n) is 2.93. The number of hydrogen-bond acceptors (Lipinski definition) is 3. The molecule has 2 amide bonds. The van der Waals surface area contributed by atoms with Gasteiger partial charge in [0.25, 0.3) is 0 Å². The van der Waals surface area contributed by atoms with Crippen LogP contribution < -0.4 is 10.1 Å². The molecule has 0 fully saturated rings. The van der Waals surface area contributed by atoms with Crippen molar-refractivity contribution < 1.29 is 14.3 Å². The number of hydrogen-bond donors (Lipinski definition) is 1. The van der Waals surface area contributed by atoms with E-state index in [0.29, 0.717) is 37.6 Å². The highest BCUT2D eigenvalue weighted by atomic mass is 35.5. The molecular weight excluding hydrogens is 388 g/mol. The summed E-state index contributed by atoms with van der Waals surface area (Å²) in [5.41, 5.74) is 2.06. The Balaban J connectivity index is 1.97. The van der Waals surface area contributed by atoms with E-state index in [1.807, 2.05) is 56.3 Å². The van der Waals surface area contributed by atoms with Crippen LogP contribution in [-0.4, -0.2) is 35.9 Å². The maximum atomic E-state index is 12.9. The van der Waals surface area contributed by atoms with Crippen LogP contribution in [0, 0.1) is 6.92 Å². The zero-order valence-corrected chi connectivity index (χ0v) is 18.0. The van der Waals surface area contributed by atoms with E-state index < -0.39 is 6.04 Å². The first kappa shape index (κ1) is 22.8. The molecule has 0 aliphatic carbocycles. The smallest absolute Gasteiger partial charge is 0.242 e. The Labute approximate surface area is 178 Å². The van der Waals surface area contributed by atoms with Gasteiger partial charge in [-0.05, 0) is 57.0 Å². The number of amides is 2. The number of carbonyl (C=O) groups excluding carboxylic acids is 2. The van der Waals surface area contributed by atoms with Gasteiger partial charge in [-0.25, -0.2) is 0 Å². The molecule has 0 aliphatic rings. The van der Waals surface area contributed by atoms with Crippen molar-refractivity contribution in [1.82, 2.24) is 10.2 Å². The number of nitrogens with zero attached hydrogens (tertiary/aromatic N) is 1. The minimum Gasteiger partial charge on any atom is -0.494 e. The quantitative estimate of drug-likeness (QED) is 0.585. The molecule has 1 N–H and O–H groups in total. The van der Waals surface area contributed by atoms with Gasteiger partial charge in [-0.2, -0.15) is 0 Å². The van der Waals surface area contributed by atoms with Crippen molar-refractivity contribution in [3.63, 3.8) is 0 Å². The molecular formula is C23H29ClN2O3. The van der Waals surface area contributed by atoms with Crippen molar-refractivity contribution in [2.75, 3.05) is 13.2 Å². The van der Waals surface area contributed by atoms with E-state index in [0.717, 1.165) is 11.3 Å². The molecule has 0 spiro atoms. The molecule has 0 aliphatic heterocycles. The Hall–Kier alpha value is -2.53. The lowest BCUT2D eigenvalue weighted by Gasteiger charge is -2.29. The fourth-order valence-corrected chi connectivity index (χ4v) is 3.14. The third-order valence-electron chi connectivity index (χ3n) is 4.58. The van der Waals surface area contributed by atoms with Crippen LogP contribution >= 0.6 is 11.6 Å². The van der Waals surface area contributed by atoms with Gasteiger partial charge >= 0.3 is 0 Å². The summed E-state index contributed by atoms with van der Waals surface area (Å²) in [6.07, 6.45) is 0.872. The van der Waals surface area contributed by atoms with Gasteiger partial charge in [0, 0.05) is 24.5 Å². The second kappa shape index (κ2) is 11.5. The van der Waals surface area contributed by atoms with E-state index in [2.05, 4.69) is 5.32 Å². The van der Waals surface area contributed by atoms with E-state index in [1.165, 1.54) is 5.56 Å². The molecule has 6 heteroatoms. The lowest BCUT2D eigenvalue weighted by molar-refractivity contribution is -0.140. The molecule has 156 valence electrons. The first-order valence-electron chi connectivity index (χ1n) is 9.91. The van der Waals surface area contributed by atoms with Crippen LogP contribution in [0.25, 0.3) is 0 Å². The third-order valence-corrected chi connectivity index (χ3v) is 4.82. The van der Waals surface area contributed by atoms with Crippen LogP contribution in [0.4, 0.5) is 0 Å². The van der Waals surface area contributed by atoms with Gasteiger partial charge < -0.3 is 15.0 Å². The van der Waals surface area contributed by atoms with Gasteiger partial charge in [0.15, 0.2) is 0 Å². The second-order valence-corrected chi connectivity index (χ2v) is 7.42. The maximum absolute atomic E-state index is 12.9. The average molecular weight is 417 g/mol. The van der Waals surface area contributed by atoms with Crippen LogP contribution in [0.5, 0.6) is 5.75 Å². The minimum atomic E-state index is -0.570. The van der Waals surface area contributed by atoms with Gasteiger partial charge in [-0.1, -0.05) is 41.4 Å². The van der Waals surface area contributed by atoms with Crippen molar-refractivity contribution >= 4 is 23.4 Å². The van der Waals surface area contributed by atoms with Crippen LogP contribution in [0.1, 0.15) is 37.8 Å². The van der Waals surface area contributed by atoms with Crippen molar-refractivity contribution in [2.24, 2.45) is 0 Å². The lowest BCUT2D eigenvalue weighted by atomic mass is 10.1. The molecule has 0 radical (unpaired) electrons. The molecule has 5 nitrogen and oxygen atoms in total. The zero-order chi connectivity index (χ0) is 21.2. The van der Waals surface area contributed by atoms with E-state index in [4.69, 9.17) is 16.3 Å². The molecule has 0 saturated heterocycles. The summed E-state index contributed by atoms with van der Waals surface area (Å²) >= 11 is 6.07. The summed E-state index contributed by atoms with van der Waals surface area (Å²) in [5, 5.41) is 3.39. The van der Waals surface area contributed by atoms with Gasteiger partial charge in [-0.15, -0.1) is 0 Å². The van der Waals surface area contributed by atoms with Gasteiger partial charge in [0.05, 0.1) is 6.61 Å². The Morgan fingerprint density at radius 1 is 1.17 bits per heavy atom. The lowest BCUT2D eigenvalue weighted by Crippen LogP contribution is -2.47. The third kappa shape index (κ3) is 7.42. The number of halogens is 1. The Morgan fingerprint density at radius 3 is 2.55 bits per heavy atom. The Bertz CT molecular complexity index is 808. The molecule has 2 aromatic carbocycles. The highest BCUT2D eigenvalue weighted by Gasteiger charge is 2.25. The monoisotopic (exact) mass is 416 g/mol. The summed E-state index contributed by atoms with van der Waals surface area (Å²) in [4.78, 5) is 26.8. The molecule has 2 rings (SSSR count). The number of ether oxygens (including phenoxy) is 1. The van der Waals surface area contributed by atoms with Crippen molar-refractivity contribution in [3.05, 3.63) is 64.7 Å². The van der Waals surface area contributed by atoms with Crippen molar-refractivity contribution in [3.8, 4) is 5.75 Å². The normalized spacial score (nSPS) is 11.6. The SMILES string of the molecule is CCNC(=O)C(C)N(Cc1cccc(Cl)c1)C(=O)CCCOc1ccc(C)cc1. The Morgan fingerprint density at radius 2 is 1.90 bits per heavy atom. The molecule has 1 atom stereocenters. The van der Waals surface area contributed by atoms with E-state index in [9.17, 15) is 9.59 Å². The zero-order valence-electron chi connectivity index (χ0n) is 17.3. The summed E-state index contributed by atoms with van der Waals surface area (Å²) in [6, 6.07) is 14.6. The second-order valence-electron chi connectivity index (χ2n) is 6.99. The standard InChI is InChI=1S/C23H29ClN2O3/c1-4-25-23(28)18(3)26(16-19-7-5-8-20(24)15-19)22(27)9-6-14-29-21-12-10-17(2)11-13-21/h5,7-8,10-13,15,18H,4,6,9,14,16H2,1-3H3,(H,25,28). The number of nitrogens with one attached hydrogen (secondary N) is 1. The molecule has 0 saturated carbocycles. The average Bonchev–Trinajstić information content (AvgIpc) is 2.70. The largest absolute Gasteiger partial charge is 0.494 e. The number of benzene rings is 2. The van der Waals surface area contributed by atoms with E-state index in [-0.39, 0.29) is 11.8 Å². The summed E-state index contributed by atoms with van der Waals surface area (Å²) in [6.45, 7) is 6.91. The highest BCUT2D eigenvalue weighted by molar-refractivity contribution is 6.30. The van der Waals surface area contributed by atoms with Gasteiger partial charge in [-0.3, -0.25) is 9.59 Å². The van der Waals surface area contributed by atoms with Gasteiger partial charge in [0.2, 0.25) is 11.8 Å².